The zero-order valence-electron chi connectivity index (χ0n) is 12.9. The summed E-state index contributed by atoms with van der Waals surface area (Å²) in [6, 6.07) is 1.31. The SMILES string of the molecule is CCOC(=O)C(C)n1ncc2c3sc(C)cc3n(C)c2c1=O. The van der Waals surface area contributed by atoms with Gasteiger partial charge in [0, 0.05) is 17.3 Å². The number of carbonyl (C=O) groups excluding carboxylic acids is 1. The third-order valence-electron chi connectivity index (χ3n) is 3.75. The lowest BCUT2D eigenvalue weighted by molar-refractivity contribution is -0.147. The smallest absolute Gasteiger partial charge is 0.330 e. The third kappa shape index (κ3) is 2.04. The predicted octanol–water partition coefficient (Wildman–Crippen LogP) is 2.38. The van der Waals surface area contributed by atoms with Gasteiger partial charge in [0.2, 0.25) is 0 Å². The van der Waals surface area contributed by atoms with Gasteiger partial charge in [-0.15, -0.1) is 11.3 Å². The molecule has 0 spiro atoms. The number of thiophene rings is 1. The molecule has 0 aliphatic heterocycles. The first-order valence-corrected chi connectivity index (χ1v) is 7.90. The molecule has 3 heterocycles. The van der Waals surface area contributed by atoms with E-state index >= 15 is 0 Å². The lowest BCUT2D eigenvalue weighted by Gasteiger charge is -2.12. The van der Waals surface area contributed by atoms with Crippen molar-refractivity contribution in [1.82, 2.24) is 14.3 Å². The van der Waals surface area contributed by atoms with Crippen LogP contribution in [0.25, 0.3) is 21.1 Å². The number of aromatic nitrogens is 3. The van der Waals surface area contributed by atoms with Crippen molar-refractivity contribution in [2.45, 2.75) is 26.8 Å². The fraction of sp³-hybridized carbons (Fsp3) is 0.400. The van der Waals surface area contributed by atoms with Gasteiger partial charge in [-0.2, -0.15) is 5.10 Å². The molecule has 116 valence electrons. The number of ether oxygens (including phenoxy) is 1. The Morgan fingerprint density at radius 2 is 2.23 bits per heavy atom. The molecule has 6 nitrogen and oxygen atoms in total. The Morgan fingerprint density at radius 1 is 1.50 bits per heavy atom. The Balaban J connectivity index is 2.24. The van der Waals surface area contributed by atoms with Crippen molar-refractivity contribution >= 4 is 38.4 Å². The number of aryl methyl sites for hydroxylation is 2. The molecule has 0 fully saturated rings. The van der Waals surface area contributed by atoms with Crippen LogP contribution < -0.4 is 5.56 Å². The summed E-state index contributed by atoms with van der Waals surface area (Å²) < 4.78 is 9.08. The summed E-state index contributed by atoms with van der Waals surface area (Å²) in [5, 5.41) is 5.01. The average molecular weight is 319 g/mol. The van der Waals surface area contributed by atoms with Crippen molar-refractivity contribution in [3.8, 4) is 0 Å². The summed E-state index contributed by atoms with van der Waals surface area (Å²) in [5.41, 5.74) is 1.30. The van der Waals surface area contributed by atoms with E-state index in [0.29, 0.717) is 5.52 Å². The summed E-state index contributed by atoms with van der Waals surface area (Å²) in [4.78, 5) is 25.8. The molecule has 7 heteroatoms. The fourth-order valence-corrected chi connectivity index (χ4v) is 3.70. The molecule has 0 N–H and O–H groups in total. The molecular weight excluding hydrogens is 302 g/mol. The summed E-state index contributed by atoms with van der Waals surface area (Å²) >= 11 is 1.64. The summed E-state index contributed by atoms with van der Waals surface area (Å²) in [7, 11) is 1.86. The lowest BCUT2D eigenvalue weighted by Crippen LogP contribution is -2.32. The quantitative estimate of drug-likeness (QED) is 0.695. The molecule has 3 aromatic heterocycles. The van der Waals surface area contributed by atoms with E-state index in [1.165, 1.54) is 9.56 Å². The lowest BCUT2D eigenvalue weighted by atomic mass is 10.3. The van der Waals surface area contributed by atoms with E-state index in [1.807, 2.05) is 18.5 Å². The first-order chi connectivity index (χ1) is 10.5. The topological polar surface area (TPSA) is 66.1 Å². The first kappa shape index (κ1) is 14.8. The number of nitrogens with zero attached hydrogens (tertiary/aromatic N) is 3. The Kier molecular flexibility index (Phi) is 3.52. The van der Waals surface area contributed by atoms with Crippen LogP contribution in [0.1, 0.15) is 24.8 Å². The third-order valence-corrected chi connectivity index (χ3v) is 4.82. The molecule has 0 bridgehead atoms. The monoisotopic (exact) mass is 319 g/mol. The second-order valence-electron chi connectivity index (χ2n) is 5.22. The molecule has 0 radical (unpaired) electrons. The minimum Gasteiger partial charge on any atom is -0.464 e. The van der Waals surface area contributed by atoms with Crippen molar-refractivity contribution in [2.75, 3.05) is 6.61 Å². The summed E-state index contributed by atoms with van der Waals surface area (Å²) in [6.45, 7) is 5.67. The van der Waals surface area contributed by atoms with Crippen LogP contribution in [0.5, 0.6) is 0 Å². The number of fused-ring (bicyclic) bond motifs is 3. The van der Waals surface area contributed by atoms with Crippen LogP contribution in [0.2, 0.25) is 0 Å². The van der Waals surface area contributed by atoms with Gasteiger partial charge < -0.3 is 9.30 Å². The molecule has 0 aromatic carbocycles. The van der Waals surface area contributed by atoms with Gasteiger partial charge in [-0.1, -0.05) is 0 Å². The van der Waals surface area contributed by atoms with Gasteiger partial charge in [0.1, 0.15) is 5.52 Å². The Labute approximate surface area is 130 Å². The highest BCUT2D eigenvalue weighted by Crippen LogP contribution is 2.32. The average Bonchev–Trinajstić information content (AvgIpc) is 2.97. The molecule has 3 rings (SSSR count). The highest BCUT2D eigenvalue weighted by Gasteiger charge is 2.22. The van der Waals surface area contributed by atoms with E-state index < -0.39 is 12.0 Å². The van der Waals surface area contributed by atoms with Gasteiger partial charge in [-0.05, 0) is 26.8 Å². The molecule has 0 aliphatic rings. The Bertz CT molecular complexity index is 935. The maximum Gasteiger partial charge on any atom is 0.330 e. The van der Waals surface area contributed by atoms with E-state index in [4.69, 9.17) is 4.74 Å². The summed E-state index contributed by atoms with van der Waals surface area (Å²) in [6.07, 6.45) is 1.66. The zero-order chi connectivity index (χ0) is 16.0. The molecule has 1 unspecified atom stereocenters. The number of hydrogen-bond acceptors (Lipinski definition) is 5. The normalized spacial score (nSPS) is 12.9. The van der Waals surface area contributed by atoms with E-state index in [9.17, 15) is 9.59 Å². The molecule has 0 aliphatic carbocycles. The van der Waals surface area contributed by atoms with E-state index in [1.54, 1.807) is 31.4 Å². The molecule has 0 amide bonds. The van der Waals surface area contributed by atoms with Crippen molar-refractivity contribution in [3.63, 3.8) is 0 Å². The van der Waals surface area contributed by atoms with E-state index in [2.05, 4.69) is 11.2 Å². The van der Waals surface area contributed by atoms with Crippen LogP contribution in [0.4, 0.5) is 0 Å². The van der Waals surface area contributed by atoms with Crippen LogP contribution in [0, 0.1) is 6.92 Å². The van der Waals surface area contributed by atoms with Gasteiger partial charge in [-0.25, -0.2) is 9.48 Å². The number of esters is 1. The van der Waals surface area contributed by atoms with Gasteiger partial charge in [0.05, 0.1) is 23.0 Å². The highest BCUT2D eigenvalue weighted by molar-refractivity contribution is 7.20. The molecule has 0 saturated carbocycles. The molecule has 1 atom stereocenters. The number of hydrogen-bond donors (Lipinski definition) is 0. The largest absolute Gasteiger partial charge is 0.464 e. The first-order valence-electron chi connectivity index (χ1n) is 7.08. The fourth-order valence-electron chi connectivity index (χ4n) is 2.65. The minimum absolute atomic E-state index is 0.276. The maximum absolute atomic E-state index is 12.7. The second-order valence-corrected chi connectivity index (χ2v) is 6.47. The number of rotatable bonds is 3. The van der Waals surface area contributed by atoms with Crippen LogP contribution in [-0.2, 0) is 16.6 Å². The molecule has 0 saturated heterocycles. The zero-order valence-corrected chi connectivity index (χ0v) is 13.7. The van der Waals surface area contributed by atoms with Gasteiger partial charge in [0.25, 0.3) is 5.56 Å². The summed E-state index contributed by atoms with van der Waals surface area (Å²) in [5.74, 6) is -0.455. The Morgan fingerprint density at radius 3 is 2.91 bits per heavy atom. The van der Waals surface area contributed by atoms with Gasteiger partial charge in [0.15, 0.2) is 6.04 Å². The molecule has 3 aromatic rings. The van der Waals surface area contributed by atoms with Gasteiger partial charge in [-0.3, -0.25) is 4.79 Å². The van der Waals surface area contributed by atoms with Gasteiger partial charge >= 0.3 is 5.97 Å². The van der Waals surface area contributed by atoms with Crippen LogP contribution in [-0.4, -0.2) is 26.9 Å². The number of carbonyl (C=O) groups is 1. The predicted molar refractivity (Wildman–Crippen MR) is 86.4 cm³/mol. The van der Waals surface area contributed by atoms with E-state index in [0.717, 1.165) is 15.6 Å². The van der Waals surface area contributed by atoms with Crippen molar-refractivity contribution in [1.29, 1.82) is 0 Å². The molecular formula is C15H17N3O3S. The van der Waals surface area contributed by atoms with Crippen molar-refractivity contribution in [3.05, 3.63) is 27.5 Å². The Hall–Kier alpha value is -2.15. The minimum atomic E-state index is -0.744. The standard InChI is InChI=1S/C15H17N3O3S/c1-5-21-15(20)9(3)18-14(19)12-10(7-16-18)13-11(17(12)4)6-8(2)22-13/h6-7,9H,5H2,1-4H3. The van der Waals surface area contributed by atoms with Crippen LogP contribution >= 0.6 is 11.3 Å². The maximum atomic E-state index is 12.7. The molecule has 22 heavy (non-hydrogen) atoms. The van der Waals surface area contributed by atoms with Crippen LogP contribution in [0.3, 0.4) is 0 Å². The second kappa shape index (κ2) is 5.24. The van der Waals surface area contributed by atoms with E-state index in [-0.39, 0.29) is 12.2 Å². The van der Waals surface area contributed by atoms with Crippen molar-refractivity contribution < 1.29 is 9.53 Å². The van der Waals surface area contributed by atoms with Crippen molar-refractivity contribution in [2.24, 2.45) is 7.05 Å². The van der Waals surface area contributed by atoms with Crippen LogP contribution in [0.15, 0.2) is 17.1 Å². The highest BCUT2D eigenvalue weighted by atomic mass is 32.1.